The van der Waals surface area contributed by atoms with Gasteiger partial charge in [-0.05, 0) is 42.0 Å². The van der Waals surface area contributed by atoms with E-state index in [1.807, 2.05) is 6.07 Å². The topological polar surface area (TPSA) is 21.3 Å². The minimum Gasteiger partial charge on any atom is -0.497 e. The van der Waals surface area contributed by atoms with Crippen LogP contribution in [0.5, 0.6) is 5.75 Å². The predicted molar refractivity (Wildman–Crippen MR) is 71.6 cm³/mol. The minimum atomic E-state index is 0.344. The van der Waals surface area contributed by atoms with Crippen molar-refractivity contribution >= 4 is 0 Å². The molecule has 1 N–H and O–H groups in total. The van der Waals surface area contributed by atoms with Gasteiger partial charge in [-0.1, -0.05) is 32.9 Å². The van der Waals surface area contributed by atoms with Crippen LogP contribution in [0.25, 0.3) is 0 Å². The molecule has 0 aromatic heterocycles. The number of benzene rings is 1. The molecule has 0 bridgehead atoms. The molecule has 2 rings (SSSR count). The Labute approximate surface area is 104 Å². The SMILES string of the molecule is COc1cccc(C2(C)CC2CNC(C)C)c1. The molecular weight excluding hydrogens is 210 g/mol. The molecule has 2 nitrogen and oxygen atoms in total. The van der Waals surface area contributed by atoms with Crippen LogP contribution in [0.15, 0.2) is 24.3 Å². The highest BCUT2D eigenvalue weighted by molar-refractivity contribution is 5.38. The predicted octanol–water partition coefficient (Wildman–Crippen LogP) is 2.97. The number of hydrogen-bond donors (Lipinski definition) is 1. The zero-order valence-electron chi connectivity index (χ0n) is 11.3. The van der Waals surface area contributed by atoms with Crippen molar-refractivity contribution in [2.24, 2.45) is 5.92 Å². The van der Waals surface area contributed by atoms with Gasteiger partial charge in [-0.15, -0.1) is 0 Å². The van der Waals surface area contributed by atoms with E-state index in [-0.39, 0.29) is 0 Å². The molecule has 0 heterocycles. The fourth-order valence-corrected chi connectivity index (χ4v) is 2.46. The molecule has 0 saturated heterocycles. The molecule has 0 radical (unpaired) electrons. The number of methoxy groups -OCH3 is 1. The van der Waals surface area contributed by atoms with Gasteiger partial charge in [0.05, 0.1) is 7.11 Å². The first-order valence-corrected chi connectivity index (χ1v) is 6.44. The second-order valence-electron chi connectivity index (χ2n) is 5.61. The summed E-state index contributed by atoms with van der Waals surface area (Å²) in [6, 6.07) is 9.07. The van der Waals surface area contributed by atoms with Crippen LogP contribution < -0.4 is 10.1 Å². The van der Waals surface area contributed by atoms with E-state index in [2.05, 4.69) is 44.3 Å². The van der Waals surface area contributed by atoms with Gasteiger partial charge in [-0.25, -0.2) is 0 Å². The van der Waals surface area contributed by atoms with E-state index < -0.39 is 0 Å². The van der Waals surface area contributed by atoms with Gasteiger partial charge in [0.2, 0.25) is 0 Å². The van der Waals surface area contributed by atoms with Gasteiger partial charge in [-0.3, -0.25) is 0 Å². The third kappa shape index (κ3) is 2.63. The summed E-state index contributed by atoms with van der Waals surface area (Å²) in [6.07, 6.45) is 1.28. The van der Waals surface area contributed by atoms with Gasteiger partial charge >= 0.3 is 0 Å². The van der Waals surface area contributed by atoms with Gasteiger partial charge in [0.1, 0.15) is 5.75 Å². The lowest BCUT2D eigenvalue weighted by molar-refractivity contribution is 0.413. The van der Waals surface area contributed by atoms with Crippen LogP contribution in [-0.2, 0) is 5.41 Å². The second-order valence-corrected chi connectivity index (χ2v) is 5.61. The molecule has 1 fully saturated rings. The summed E-state index contributed by atoms with van der Waals surface area (Å²) in [5.74, 6) is 1.73. The molecule has 1 saturated carbocycles. The summed E-state index contributed by atoms with van der Waals surface area (Å²) in [4.78, 5) is 0. The third-order valence-corrected chi connectivity index (χ3v) is 3.91. The fourth-order valence-electron chi connectivity index (χ4n) is 2.46. The Morgan fingerprint density at radius 2 is 2.24 bits per heavy atom. The van der Waals surface area contributed by atoms with Crippen LogP contribution in [0, 0.1) is 5.92 Å². The van der Waals surface area contributed by atoms with Crippen molar-refractivity contribution < 1.29 is 4.74 Å². The third-order valence-electron chi connectivity index (χ3n) is 3.91. The summed E-state index contributed by atoms with van der Waals surface area (Å²) < 4.78 is 5.30. The molecule has 1 aromatic carbocycles. The van der Waals surface area contributed by atoms with Crippen molar-refractivity contribution in [2.75, 3.05) is 13.7 Å². The van der Waals surface area contributed by atoms with E-state index in [0.29, 0.717) is 11.5 Å². The van der Waals surface area contributed by atoms with Crippen molar-refractivity contribution in [3.05, 3.63) is 29.8 Å². The molecule has 17 heavy (non-hydrogen) atoms. The Hall–Kier alpha value is -1.02. The first-order chi connectivity index (χ1) is 8.06. The molecule has 0 spiro atoms. The van der Waals surface area contributed by atoms with E-state index in [1.165, 1.54) is 12.0 Å². The summed E-state index contributed by atoms with van der Waals surface area (Å²) in [5.41, 5.74) is 1.75. The van der Waals surface area contributed by atoms with Gasteiger partial charge in [-0.2, -0.15) is 0 Å². The number of hydrogen-bond acceptors (Lipinski definition) is 2. The van der Waals surface area contributed by atoms with Crippen molar-refractivity contribution in [3.63, 3.8) is 0 Å². The first-order valence-electron chi connectivity index (χ1n) is 6.44. The van der Waals surface area contributed by atoms with Crippen LogP contribution in [0.1, 0.15) is 32.8 Å². The minimum absolute atomic E-state index is 0.344. The molecule has 2 atom stereocenters. The van der Waals surface area contributed by atoms with Gasteiger partial charge < -0.3 is 10.1 Å². The van der Waals surface area contributed by atoms with Crippen LogP contribution in [0.4, 0.5) is 0 Å². The van der Waals surface area contributed by atoms with E-state index in [4.69, 9.17) is 4.74 Å². The number of nitrogens with one attached hydrogen (secondary N) is 1. The zero-order valence-corrected chi connectivity index (χ0v) is 11.3. The zero-order chi connectivity index (χ0) is 12.5. The highest BCUT2D eigenvalue weighted by Crippen LogP contribution is 2.54. The molecule has 0 aliphatic heterocycles. The maximum absolute atomic E-state index is 5.30. The smallest absolute Gasteiger partial charge is 0.119 e. The number of rotatable bonds is 5. The lowest BCUT2D eigenvalue weighted by Gasteiger charge is -2.14. The standard InChI is InChI=1S/C15H23NO/c1-11(2)16-10-13-9-15(13,3)12-6-5-7-14(8-12)17-4/h5-8,11,13,16H,9-10H2,1-4H3. The van der Waals surface area contributed by atoms with Crippen LogP contribution in [-0.4, -0.2) is 19.7 Å². The normalized spacial score (nSPS) is 27.2. The summed E-state index contributed by atoms with van der Waals surface area (Å²) in [6.45, 7) is 7.87. The van der Waals surface area contributed by atoms with E-state index in [1.54, 1.807) is 7.11 Å². The maximum Gasteiger partial charge on any atom is 0.119 e. The highest BCUT2D eigenvalue weighted by Gasteiger charge is 2.50. The van der Waals surface area contributed by atoms with Gasteiger partial charge in [0.15, 0.2) is 0 Å². The Morgan fingerprint density at radius 1 is 1.47 bits per heavy atom. The molecule has 2 heteroatoms. The van der Waals surface area contributed by atoms with Crippen LogP contribution in [0.3, 0.4) is 0 Å². The molecule has 1 aliphatic rings. The molecule has 94 valence electrons. The van der Waals surface area contributed by atoms with Crippen LogP contribution in [0.2, 0.25) is 0 Å². The molecule has 2 unspecified atom stereocenters. The van der Waals surface area contributed by atoms with E-state index in [0.717, 1.165) is 18.2 Å². The summed E-state index contributed by atoms with van der Waals surface area (Å²) >= 11 is 0. The highest BCUT2D eigenvalue weighted by atomic mass is 16.5. The number of ether oxygens (including phenoxy) is 1. The van der Waals surface area contributed by atoms with Crippen LogP contribution >= 0.6 is 0 Å². The van der Waals surface area contributed by atoms with Crippen molar-refractivity contribution in [2.45, 2.75) is 38.6 Å². The average molecular weight is 233 g/mol. The average Bonchev–Trinajstić information content (AvgIpc) is 2.99. The molecule has 1 aromatic rings. The molecule has 1 aliphatic carbocycles. The molecule has 0 amide bonds. The van der Waals surface area contributed by atoms with E-state index >= 15 is 0 Å². The summed E-state index contributed by atoms with van der Waals surface area (Å²) in [7, 11) is 1.73. The fraction of sp³-hybridized carbons (Fsp3) is 0.600. The lowest BCUT2D eigenvalue weighted by Crippen LogP contribution is -2.26. The van der Waals surface area contributed by atoms with Crippen molar-refractivity contribution in [3.8, 4) is 5.75 Å². The van der Waals surface area contributed by atoms with E-state index in [9.17, 15) is 0 Å². The lowest BCUT2D eigenvalue weighted by atomic mass is 9.95. The first kappa shape index (κ1) is 12.4. The largest absolute Gasteiger partial charge is 0.497 e. The monoisotopic (exact) mass is 233 g/mol. The Balaban J connectivity index is 2.03. The van der Waals surface area contributed by atoms with Crippen molar-refractivity contribution in [1.29, 1.82) is 0 Å². The Bertz CT molecular complexity index is 388. The van der Waals surface area contributed by atoms with Gasteiger partial charge in [0.25, 0.3) is 0 Å². The second kappa shape index (κ2) is 4.69. The summed E-state index contributed by atoms with van der Waals surface area (Å²) in [5, 5.41) is 3.53. The van der Waals surface area contributed by atoms with Gasteiger partial charge in [0, 0.05) is 6.04 Å². The Morgan fingerprint density at radius 3 is 2.88 bits per heavy atom. The van der Waals surface area contributed by atoms with Crippen molar-refractivity contribution in [1.82, 2.24) is 5.32 Å². The quantitative estimate of drug-likeness (QED) is 0.844. The molecular formula is C15H23NO. The Kier molecular flexibility index (Phi) is 3.43. The maximum atomic E-state index is 5.30.